The van der Waals surface area contributed by atoms with Crippen LogP contribution in [0.25, 0.3) is 0 Å². The average Bonchev–Trinajstić information content (AvgIpc) is 3.16. The third-order valence-electron chi connectivity index (χ3n) is 8.61. The van der Waals surface area contributed by atoms with Crippen LogP contribution in [0.1, 0.15) is 234 Å². The van der Waals surface area contributed by atoms with Crippen molar-refractivity contribution in [2.45, 2.75) is 234 Å². The van der Waals surface area contributed by atoms with Gasteiger partial charge in [0.2, 0.25) is 0 Å². The van der Waals surface area contributed by atoms with Crippen LogP contribution in [0.2, 0.25) is 0 Å². The van der Waals surface area contributed by atoms with E-state index >= 15 is 0 Å². The van der Waals surface area contributed by atoms with Gasteiger partial charge in [0.15, 0.2) is 0 Å². The summed E-state index contributed by atoms with van der Waals surface area (Å²) in [6.45, 7) is 14.2. The molecule has 2 radical (unpaired) electrons. The van der Waals surface area contributed by atoms with Gasteiger partial charge in [-0.3, -0.25) is 0 Å². The van der Waals surface area contributed by atoms with E-state index in [2.05, 4.69) is 41.5 Å². The molecule has 322 valence electrons. The van der Waals surface area contributed by atoms with Gasteiger partial charge >= 0.3 is 35.8 Å². The van der Waals surface area contributed by atoms with Crippen LogP contribution in [0, 0.1) is 0 Å². The summed E-state index contributed by atoms with van der Waals surface area (Å²) in [7, 11) is 0. The van der Waals surface area contributed by atoms with E-state index in [0.717, 1.165) is 37.8 Å². The van der Waals surface area contributed by atoms with Crippen LogP contribution < -0.4 is 10.2 Å². The van der Waals surface area contributed by atoms with Crippen molar-refractivity contribution in [3.63, 3.8) is 0 Å². The van der Waals surface area contributed by atoms with Gasteiger partial charge in [0.05, 0.1) is 25.2 Å². The molecule has 0 unspecified atom stereocenters. The van der Waals surface area contributed by atoms with E-state index in [4.69, 9.17) is 9.47 Å². The molecule has 0 aromatic heterocycles. The van der Waals surface area contributed by atoms with Gasteiger partial charge in [-0.25, -0.2) is 9.59 Å². The fraction of sp³-hybridized carbons (Fsp3) is 0.826. The van der Waals surface area contributed by atoms with Gasteiger partial charge in [0.1, 0.15) is 0 Å². The summed E-state index contributed by atoms with van der Waals surface area (Å²) >= 11 is 0. The van der Waals surface area contributed by atoms with Crippen LogP contribution >= 0.6 is 0 Å². The van der Waals surface area contributed by atoms with Gasteiger partial charge in [0.25, 0.3) is 0 Å². The van der Waals surface area contributed by atoms with E-state index in [1.807, 2.05) is 0 Å². The predicted molar refractivity (Wildman–Crippen MR) is 229 cm³/mol. The second kappa shape index (κ2) is 58.9. The number of carbonyl (C=O) groups excluding carboxylic acids is 4. The Morgan fingerprint density at radius 2 is 0.509 bits per heavy atom. The second-order valence-electron chi connectivity index (χ2n) is 14.1. The summed E-state index contributed by atoms with van der Waals surface area (Å²) in [4.78, 5) is 42.0. The molecule has 0 N–H and O–H groups in total. The molecule has 0 aliphatic carbocycles. The minimum absolute atomic E-state index is 0. The van der Waals surface area contributed by atoms with Crippen LogP contribution in [0.5, 0.6) is 0 Å². The van der Waals surface area contributed by atoms with Crippen LogP contribution in [0.4, 0.5) is 0 Å². The Bertz CT molecular complexity index is 764. The fourth-order valence-corrected chi connectivity index (χ4v) is 5.25. The van der Waals surface area contributed by atoms with Gasteiger partial charge in [-0.2, -0.15) is 0 Å². The molecule has 0 bridgehead atoms. The molecule has 0 rings (SSSR count). The number of carboxylic acid groups (broad SMARTS) is 2. The number of ether oxygens (including phenoxy) is 2. The van der Waals surface area contributed by atoms with Crippen LogP contribution in [0.3, 0.4) is 0 Å². The first-order valence-electron chi connectivity index (χ1n) is 22.3. The third-order valence-corrected chi connectivity index (χ3v) is 8.61. The molecule has 0 aromatic carbocycles. The minimum atomic E-state index is -1.39. The molecule has 0 aliphatic heterocycles. The van der Waals surface area contributed by atoms with Crippen molar-refractivity contribution in [3.8, 4) is 0 Å². The van der Waals surface area contributed by atoms with Crippen molar-refractivity contribution >= 4 is 47.8 Å². The maximum absolute atomic E-state index is 11.0. The molecular formula is C46H86O8Sn. The predicted octanol–water partition coefficient (Wildman–Crippen LogP) is 11.1. The van der Waals surface area contributed by atoms with E-state index < -0.39 is 23.9 Å². The molecule has 0 saturated heterocycles. The molecule has 0 saturated carbocycles. The van der Waals surface area contributed by atoms with Crippen molar-refractivity contribution in [1.29, 1.82) is 0 Å². The molecule has 0 aliphatic rings. The Morgan fingerprint density at radius 3 is 0.691 bits per heavy atom. The summed E-state index contributed by atoms with van der Waals surface area (Å²) in [5, 5.41) is 20.1. The topological polar surface area (TPSA) is 133 Å². The van der Waals surface area contributed by atoms with Crippen molar-refractivity contribution < 1.29 is 38.9 Å². The standard InChI is InChI=1S/2C15H26O4.2C8H18.Sn/c2*1-2-3-4-5-6-7-8-9-10-13-19-15(18)12-11-14(16)17;2*1-3-5-7-8-6-4-2;/h2*11-12H,2-10,13H2,1H3,(H,16,17);2*3-8H2,1-2H3;/q;;;;+2/p-2/b2*12-11-;;;. The number of carboxylic acids is 2. The van der Waals surface area contributed by atoms with E-state index in [1.54, 1.807) is 0 Å². The summed E-state index contributed by atoms with van der Waals surface area (Å²) in [6, 6.07) is 0. The summed E-state index contributed by atoms with van der Waals surface area (Å²) in [5.74, 6) is -4.02. The SMILES string of the molecule is CCCCCCCC.CCCCCCCC.CCCCCCCCCCCOC(=O)/C=C\C(=O)[O-].CCCCCCCCCCCOC(=O)/C=C\C(=O)[O-].[Sn+2]. The Balaban J connectivity index is -0.000000216. The summed E-state index contributed by atoms with van der Waals surface area (Å²) in [5.41, 5.74) is 0. The maximum Gasteiger partial charge on any atom is 2.00 e. The Morgan fingerprint density at radius 1 is 0.327 bits per heavy atom. The number of unbranched alkanes of at least 4 members (excludes halogenated alkanes) is 26. The zero-order valence-electron chi connectivity index (χ0n) is 36.7. The molecule has 0 heterocycles. The van der Waals surface area contributed by atoms with Crippen LogP contribution in [-0.4, -0.2) is 61.0 Å². The number of carbonyl (C=O) groups is 4. The van der Waals surface area contributed by atoms with Crippen molar-refractivity contribution in [3.05, 3.63) is 24.3 Å². The number of hydrogen-bond acceptors (Lipinski definition) is 8. The van der Waals surface area contributed by atoms with Crippen molar-refractivity contribution in [2.75, 3.05) is 13.2 Å². The zero-order valence-corrected chi connectivity index (χ0v) is 39.6. The zero-order chi connectivity index (χ0) is 41.2. The minimum Gasteiger partial charge on any atom is -0.545 e. The second-order valence-corrected chi connectivity index (χ2v) is 14.1. The molecule has 0 atom stereocenters. The molecule has 55 heavy (non-hydrogen) atoms. The van der Waals surface area contributed by atoms with E-state index in [9.17, 15) is 29.4 Å². The first-order chi connectivity index (χ1) is 26.2. The maximum atomic E-state index is 11.0. The Labute approximate surface area is 356 Å². The molecular weight excluding hydrogens is 799 g/mol. The molecule has 0 fully saturated rings. The molecule has 0 spiro atoms. The van der Waals surface area contributed by atoms with Gasteiger partial charge in [-0.1, -0.05) is 221 Å². The Hall–Kier alpha value is -1.84. The van der Waals surface area contributed by atoms with Crippen molar-refractivity contribution in [1.82, 2.24) is 0 Å². The Kier molecular flexibility index (Phi) is 66.7. The fourth-order valence-electron chi connectivity index (χ4n) is 5.25. The number of hydrogen-bond donors (Lipinski definition) is 0. The van der Waals surface area contributed by atoms with Gasteiger partial charge < -0.3 is 29.3 Å². The first-order valence-corrected chi connectivity index (χ1v) is 22.3. The average molecular weight is 886 g/mol. The van der Waals surface area contributed by atoms with Crippen LogP contribution in [0.15, 0.2) is 24.3 Å². The van der Waals surface area contributed by atoms with E-state index in [1.165, 1.54) is 167 Å². The third kappa shape index (κ3) is 73.8. The smallest absolute Gasteiger partial charge is 0.545 e. The van der Waals surface area contributed by atoms with Crippen LogP contribution in [-0.2, 0) is 28.7 Å². The van der Waals surface area contributed by atoms with E-state index in [0.29, 0.717) is 25.4 Å². The molecule has 0 amide bonds. The van der Waals surface area contributed by atoms with Gasteiger partial charge in [0, 0.05) is 12.2 Å². The first kappa shape index (κ1) is 62.4. The summed E-state index contributed by atoms with van der Waals surface area (Å²) < 4.78 is 9.67. The van der Waals surface area contributed by atoms with E-state index in [-0.39, 0.29) is 23.9 Å². The molecule has 0 aromatic rings. The monoisotopic (exact) mass is 887 g/mol. The van der Waals surface area contributed by atoms with Crippen molar-refractivity contribution in [2.24, 2.45) is 0 Å². The quantitative estimate of drug-likeness (QED) is 0.0270. The van der Waals surface area contributed by atoms with Gasteiger partial charge in [-0.05, 0) is 25.0 Å². The van der Waals surface area contributed by atoms with Gasteiger partial charge in [-0.15, -0.1) is 0 Å². The molecule has 9 heteroatoms. The molecule has 8 nitrogen and oxygen atoms in total. The largest absolute Gasteiger partial charge is 2.00 e. The normalized spacial score (nSPS) is 10.3. The number of aliphatic carboxylic acids is 2. The number of esters is 2. The number of rotatable bonds is 34. The summed E-state index contributed by atoms with van der Waals surface area (Å²) in [6.07, 6.45) is 41.7.